The maximum atomic E-state index is 14.1. The fourth-order valence-corrected chi connectivity index (χ4v) is 3.26. The molecule has 1 amide bonds. The molecule has 0 saturated carbocycles. The van der Waals surface area contributed by atoms with Crippen LogP contribution in [0.1, 0.15) is 27.0 Å². The van der Waals surface area contributed by atoms with Gasteiger partial charge in [-0.15, -0.1) is 0 Å². The number of halogens is 2. The van der Waals surface area contributed by atoms with E-state index in [9.17, 15) is 14.0 Å². The lowest BCUT2D eigenvalue weighted by molar-refractivity contribution is -0.130. The van der Waals surface area contributed by atoms with Crippen molar-refractivity contribution in [2.75, 3.05) is 18.4 Å². The Hall–Kier alpha value is -2.60. The molecule has 1 aliphatic rings. The van der Waals surface area contributed by atoms with Crippen LogP contribution in [0.15, 0.2) is 30.3 Å². The van der Waals surface area contributed by atoms with Crippen LogP contribution in [0.2, 0.25) is 5.02 Å². The van der Waals surface area contributed by atoms with Crippen LogP contribution in [0.5, 0.6) is 0 Å². The number of nitrogens with one attached hydrogen (secondary N) is 1. The van der Waals surface area contributed by atoms with Gasteiger partial charge >= 0.3 is 5.97 Å². The minimum Gasteiger partial charge on any atom is -0.478 e. The van der Waals surface area contributed by atoms with Crippen LogP contribution in [0.4, 0.5) is 10.1 Å². The second-order valence-electron chi connectivity index (χ2n) is 6.28. The van der Waals surface area contributed by atoms with E-state index in [4.69, 9.17) is 16.7 Å². The van der Waals surface area contributed by atoms with Crippen LogP contribution in [0, 0.1) is 12.7 Å². The zero-order valence-corrected chi connectivity index (χ0v) is 14.9. The number of anilines is 1. The van der Waals surface area contributed by atoms with Gasteiger partial charge in [0.15, 0.2) is 0 Å². The second kappa shape index (κ2) is 7.33. The maximum absolute atomic E-state index is 14.1. The summed E-state index contributed by atoms with van der Waals surface area (Å²) in [4.78, 5) is 25.2. The van der Waals surface area contributed by atoms with Crippen molar-refractivity contribution in [1.29, 1.82) is 0 Å². The lowest BCUT2D eigenvalue weighted by Gasteiger charge is -2.29. The van der Waals surface area contributed by atoms with Gasteiger partial charge in [0.2, 0.25) is 5.91 Å². The first-order valence-electron chi connectivity index (χ1n) is 8.17. The fourth-order valence-electron chi connectivity index (χ4n) is 3.06. The third-order valence-electron chi connectivity index (χ3n) is 4.51. The average molecular weight is 377 g/mol. The summed E-state index contributed by atoms with van der Waals surface area (Å²) in [5.74, 6) is -2.03. The van der Waals surface area contributed by atoms with Crippen LogP contribution in [-0.2, 0) is 17.8 Å². The highest BCUT2D eigenvalue weighted by atomic mass is 35.5. The van der Waals surface area contributed by atoms with Crippen molar-refractivity contribution in [3.8, 4) is 0 Å². The molecule has 0 fully saturated rings. The molecule has 2 N–H and O–H groups in total. The fraction of sp³-hybridized carbons (Fsp3) is 0.263. The highest BCUT2D eigenvalue weighted by Crippen LogP contribution is 2.23. The van der Waals surface area contributed by atoms with Crippen molar-refractivity contribution >= 4 is 29.2 Å². The number of carboxylic acid groups (broad SMARTS) is 1. The van der Waals surface area contributed by atoms with E-state index in [-0.39, 0.29) is 23.7 Å². The molecule has 0 bridgehead atoms. The summed E-state index contributed by atoms with van der Waals surface area (Å²) >= 11 is 5.99. The molecule has 1 aliphatic heterocycles. The predicted octanol–water partition coefficient (Wildman–Crippen LogP) is 3.48. The van der Waals surface area contributed by atoms with Gasteiger partial charge in [0.1, 0.15) is 5.82 Å². The largest absolute Gasteiger partial charge is 0.478 e. The number of rotatable bonds is 4. The average Bonchev–Trinajstić information content (AvgIpc) is 2.61. The number of aromatic carboxylic acids is 1. The quantitative estimate of drug-likeness (QED) is 0.857. The molecular formula is C19H18ClFN2O3. The van der Waals surface area contributed by atoms with Gasteiger partial charge in [-0.05, 0) is 54.3 Å². The third-order valence-corrected chi connectivity index (χ3v) is 4.74. The molecule has 0 aliphatic carbocycles. The molecule has 0 saturated heterocycles. The lowest BCUT2D eigenvalue weighted by atomic mass is 10.00. The Morgan fingerprint density at radius 2 is 2.04 bits per heavy atom. The van der Waals surface area contributed by atoms with Crippen molar-refractivity contribution < 1.29 is 19.1 Å². The summed E-state index contributed by atoms with van der Waals surface area (Å²) in [5, 5.41) is 12.5. The first-order valence-corrected chi connectivity index (χ1v) is 8.55. The number of amides is 1. The van der Waals surface area contributed by atoms with Crippen LogP contribution in [0.25, 0.3) is 0 Å². The van der Waals surface area contributed by atoms with Gasteiger partial charge in [-0.1, -0.05) is 17.7 Å². The number of fused-ring (bicyclic) bond motifs is 1. The smallest absolute Gasteiger partial charge is 0.336 e. The first-order chi connectivity index (χ1) is 12.3. The number of carbonyl (C=O) groups is 2. The molecule has 0 spiro atoms. The minimum absolute atomic E-state index is 0.0638. The predicted molar refractivity (Wildman–Crippen MR) is 97.2 cm³/mol. The first kappa shape index (κ1) is 18.2. The second-order valence-corrected chi connectivity index (χ2v) is 6.72. The van der Waals surface area contributed by atoms with Gasteiger partial charge in [0.25, 0.3) is 0 Å². The molecule has 2 aromatic carbocycles. The zero-order chi connectivity index (χ0) is 18.8. The molecular weight excluding hydrogens is 359 g/mol. The number of carbonyl (C=O) groups excluding carboxylic acids is 1. The molecule has 2 aromatic rings. The van der Waals surface area contributed by atoms with Crippen LogP contribution < -0.4 is 5.32 Å². The van der Waals surface area contributed by atoms with Gasteiger partial charge in [-0.2, -0.15) is 0 Å². The van der Waals surface area contributed by atoms with Crippen molar-refractivity contribution in [3.05, 3.63) is 63.4 Å². The topological polar surface area (TPSA) is 69.6 Å². The maximum Gasteiger partial charge on any atom is 0.336 e. The van der Waals surface area contributed by atoms with Crippen LogP contribution >= 0.6 is 11.6 Å². The van der Waals surface area contributed by atoms with Gasteiger partial charge in [0, 0.05) is 18.1 Å². The van der Waals surface area contributed by atoms with Gasteiger partial charge in [-0.25, -0.2) is 9.18 Å². The molecule has 0 aromatic heterocycles. The molecule has 3 rings (SSSR count). The number of hydrogen-bond acceptors (Lipinski definition) is 3. The standard InChI is InChI=1S/C19H18ClFN2O3/c1-11-6-17(16(21)8-15(11)19(25)26)22-9-18(24)23-5-4-12-7-14(20)3-2-13(12)10-23/h2-3,6-8,22H,4-5,9-10H2,1H3,(H,25,26). The van der Waals surface area contributed by atoms with Crippen LogP contribution in [-0.4, -0.2) is 35.0 Å². The minimum atomic E-state index is -1.18. The summed E-state index contributed by atoms with van der Waals surface area (Å²) in [6.07, 6.45) is 0.725. The van der Waals surface area contributed by atoms with Gasteiger partial charge in [0.05, 0.1) is 17.8 Å². The Balaban J connectivity index is 1.65. The molecule has 0 atom stereocenters. The molecule has 1 heterocycles. The van der Waals surface area contributed by atoms with E-state index >= 15 is 0 Å². The van der Waals surface area contributed by atoms with Crippen molar-refractivity contribution in [1.82, 2.24) is 4.90 Å². The van der Waals surface area contributed by atoms with E-state index < -0.39 is 11.8 Å². The van der Waals surface area contributed by atoms with Crippen molar-refractivity contribution in [2.24, 2.45) is 0 Å². The Morgan fingerprint density at radius 1 is 1.27 bits per heavy atom. The highest BCUT2D eigenvalue weighted by Gasteiger charge is 2.21. The summed E-state index contributed by atoms with van der Waals surface area (Å²) in [7, 11) is 0. The van der Waals surface area contributed by atoms with E-state index in [0.717, 1.165) is 23.6 Å². The third kappa shape index (κ3) is 3.80. The Morgan fingerprint density at radius 3 is 2.77 bits per heavy atom. The normalized spacial score (nSPS) is 13.3. The van der Waals surface area contributed by atoms with E-state index in [1.54, 1.807) is 17.9 Å². The molecule has 5 nitrogen and oxygen atoms in total. The Labute approximate surface area is 155 Å². The van der Waals surface area contributed by atoms with E-state index in [1.807, 2.05) is 12.1 Å². The SMILES string of the molecule is Cc1cc(NCC(=O)N2CCc3cc(Cl)ccc3C2)c(F)cc1C(=O)O. The Bertz CT molecular complexity index is 885. The van der Waals surface area contributed by atoms with E-state index in [1.165, 1.54) is 6.07 Å². The van der Waals surface area contributed by atoms with E-state index in [2.05, 4.69) is 5.32 Å². The number of hydrogen-bond donors (Lipinski definition) is 2. The van der Waals surface area contributed by atoms with E-state index in [0.29, 0.717) is 23.7 Å². The lowest BCUT2D eigenvalue weighted by Crippen LogP contribution is -2.39. The van der Waals surface area contributed by atoms with Gasteiger partial charge < -0.3 is 15.3 Å². The summed E-state index contributed by atoms with van der Waals surface area (Å²) in [5.41, 5.74) is 2.65. The molecule has 26 heavy (non-hydrogen) atoms. The number of carboxylic acids is 1. The highest BCUT2D eigenvalue weighted by molar-refractivity contribution is 6.30. The molecule has 0 unspecified atom stereocenters. The zero-order valence-electron chi connectivity index (χ0n) is 14.2. The number of nitrogens with zero attached hydrogens (tertiary/aromatic N) is 1. The molecule has 0 radical (unpaired) electrons. The van der Waals surface area contributed by atoms with Crippen LogP contribution in [0.3, 0.4) is 0 Å². The summed E-state index contributed by atoms with van der Waals surface area (Å²) < 4.78 is 14.1. The van der Waals surface area contributed by atoms with Crippen molar-refractivity contribution in [2.45, 2.75) is 19.9 Å². The monoisotopic (exact) mass is 376 g/mol. The summed E-state index contributed by atoms with van der Waals surface area (Å²) in [6.45, 7) is 2.59. The number of benzene rings is 2. The van der Waals surface area contributed by atoms with Gasteiger partial charge in [-0.3, -0.25) is 4.79 Å². The molecule has 7 heteroatoms. The Kier molecular flexibility index (Phi) is 5.13. The summed E-state index contributed by atoms with van der Waals surface area (Å²) in [6, 6.07) is 8.00. The molecule has 136 valence electrons. The van der Waals surface area contributed by atoms with Crippen molar-refractivity contribution in [3.63, 3.8) is 0 Å². The number of aryl methyl sites for hydroxylation is 1.